The third-order valence-corrected chi connectivity index (χ3v) is 5.38. The maximum Gasteiger partial charge on any atom is 0.490 e. The Morgan fingerprint density at radius 3 is 2.57 bits per heavy atom. The van der Waals surface area contributed by atoms with Crippen molar-refractivity contribution in [1.29, 1.82) is 0 Å². The van der Waals surface area contributed by atoms with E-state index in [0.717, 1.165) is 37.7 Å². The van der Waals surface area contributed by atoms with Crippen molar-refractivity contribution in [3.8, 4) is 0 Å². The number of carboxylic acid groups (broad SMARTS) is 1. The molecule has 3 aliphatic rings. The van der Waals surface area contributed by atoms with Gasteiger partial charge in [-0.3, -0.25) is 9.78 Å². The first-order valence-corrected chi connectivity index (χ1v) is 9.93. The molecule has 7 nitrogen and oxygen atoms in total. The summed E-state index contributed by atoms with van der Waals surface area (Å²) >= 11 is 0. The summed E-state index contributed by atoms with van der Waals surface area (Å²) in [5.74, 6) is -1.98. The minimum atomic E-state index is -5.08. The van der Waals surface area contributed by atoms with Gasteiger partial charge < -0.3 is 19.5 Å². The largest absolute Gasteiger partial charge is 0.490 e. The van der Waals surface area contributed by atoms with E-state index in [-0.39, 0.29) is 24.2 Å². The number of rotatable bonds is 4. The van der Waals surface area contributed by atoms with Gasteiger partial charge in [-0.15, -0.1) is 0 Å². The molecule has 2 aliphatic heterocycles. The number of amides is 1. The van der Waals surface area contributed by atoms with Crippen LogP contribution in [0.3, 0.4) is 0 Å². The van der Waals surface area contributed by atoms with Gasteiger partial charge in [0, 0.05) is 25.1 Å². The Balaban J connectivity index is 0.000000318. The molecule has 166 valence electrons. The lowest BCUT2D eigenvalue weighted by Crippen LogP contribution is -2.44. The number of hydrogen-bond donors (Lipinski definition) is 1. The summed E-state index contributed by atoms with van der Waals surface area (Å²) in [4.78, 5) is 28.0. The predicted octanol–water partition coefficient (Wildman–Crippen LogP) is 2.82. The van der Waals surface area contributed by atoms with Gasteiger partial charge in [0.15, 0.2) is 0 Å². The van der Waals surface area contributed by atoms with Gasteiger partial charge >= 0.3 is 12.1 Å². The number of hydrogen-bond acceptors (Lipinski definition) is 5. The Kier molecular flexibility index (Phi) is 6.97. The number of aromatic nitrogens is 1. The minimum absolute atomic E-state index is 0.0169. The summed E-state index contributed by atoms with van der Waals surface area (Å²) in [6, 6.07) is 3.89. The number of nitrogens with zero attached hydrogens (tertiary/aromatic N) is 2. The second-order valence-electron chi connectivity index (χ2n) is 7.81. The van der Waals surface area contributed by atoms with E-state index < -0.39 is 12.1 Å². The average Bonchev–Trinajstić information content (AvgIpc) is 3.46. The van der Waals surface area contributed by atoms with E-state index in [1.54, 1.807) is 6.20 Å². The number of pyridine rings is 1. The van der Waals surface area contributed by atoms with Crippen LogP contribution in [0.1, 0.15) is 41.7 Å². The number of carbonyl (C=O) groups is 2. The van der Waals surface area contributed by atoms with Crippen molar-refractivity contribution in [3.63, 3.8) is 0 Å². The fourth-order valence-corrected chi connectivity index (χ4v) is 3.59. The van der Waals surface area contributed by atoms with Crippen molar-refractivity contribution in [2.75, 3.05) is 19.8 Å². The van der Waals surface area contributed by atoms with Crippen molar-refractivity contribution in [1.82, 2.24) is 9.88 Å². The quantitative estimate of drug-likeness (QED) is 0.790. The highest BCUT2D eigenvalue weighted by molar-refractivity contribution is 5.94. The summed E-state index contributed by atoms with van der Waals surface area (Å²) in [5.41, 5.74) is 1.58. The normalized spacial score (nSPS) is 25.9. The first kappa shape index (κ1) is 22.5. The summed E-state index contributed by atoms with van der Waals surface area (Å²) in [6.07, 6.45) is 1.20. The number of likely N-dealkylation sites (tertiary alicyclic amines) is 1. The van der Waals surface area contributed by atoms with Crippen molar-refractivity contribution in [2.45, 2.75) is 57.0 Å². The van der Waals surface area contributed by atoms with Crippen molar-refractivity contribution in [2.24, 2.45) is 5.92 Å². The van der Waals surface area contributed by atoms with E-state index in [1.165, 1.54) is 12.8 Å². The van der Waals surface area contributed by atoms with Crippen molar-refractivity contribution in [3.05, 3.63) is 29.6 Å². The lowest BCUT2D eigenvalue weighted by atomic mass is 10.0. The standard InChI is InChI=1S/C18H24N2O3.C2HF3O2/c1-12-4-7-14(9-19-12)18(21)20-10-16(23-11-13-5-6-13)17-15(20)3-2-8-22-17;3-2(4,5)1(6)7/h4,7,9,13,15-17H,2-3,5-6,8,10-11H2,1H3;(H,6,7)/t15-,16-,17+;/m1./s1. The minimum Gasteiger partial charge on any atom is -0.475 e. The molecule has 1 aliphatic carbocycles. The number of carboxylic acids is 1. The maximum atomic E-state index is 12.9. The highest BCUT2D eigenvalue weighted by atomic mass is 19.4. The summed E-state index contributed by atoms with van der Waals surface area (Å²) in [7, 11) is 0. The topological polar surface area (TPSA) is 89.0 Å². The Hall–Kier alpha value is -2.20. The highest BCUT2D eigenvalue weighted by Crippen LogP contribution is 2.34. The molecule has 1 N–H and O–H groups in total. The fraction of sp³-hybridized carbons (Fsp3) is 0.650. The summed E-state index contributed by atoms with van der Waals surface area (Å²) in [6.45, 7) is 4.15. The SMILES string of the molecule is Cc1ccc(C(=O)N2C[C@@H](OCC3CC3)[C@H]3OCCC[C@H]32)cn1.O=C(O)C(F)(F)F. The lowest BCUT2D eigenvalue weighted by molar-refractivity contribution is -0.192. The van der Waals surface area contributed by atoms with E-state index in [1.807, 2.05) is 24.0 Å². The zero-order chi connectivity index (χ0) is 21.9. The molecule has 1 amide bonds. The molecule has 3 atom stereocenters. The van der Waals surface area contributed by atoms with E-state index in [9.17, 15) is 18.0 Å². The van der Waals surface area contributed by atoms with Gasteiger partial charge in [-0.2, -0.15) is 13.2 Å². The zero-order valence-corrected chi connectivity index (χ0v) is 16.6. The second kappa shape index (κ2) is 9.30. The van der Waals surface area contributed by atoms with Crippen molar-refractivity contribution < 1.29 is 37.3 Å². The predicted molar refractivity (Wildman–Crippen MR) is 98.9 cm³/mol. The van der Waals surface area contributed by atoms with Gasteiger partial charge in [0.05, 0.1) is 18.2 Å². The number of carbonyl (C=O) groups excluding carboxylic acids is 1. The number of ether oxygens (including phenoxy) is 2. The summed E-state index contributed by atoms with van der Waals surface area (Å²) in [5, 5.41) is 7.12. The second-order valence-corrected chi connectivity index (χ2v) is 7.81. The smallest absolute Gasteiger partial charge is 0.475 e. The summed E-state index contributed by atoms with van der Waals surface area (Å²) < 4.78 is 43.8. The van der Waals surface area contributed by atoms with E-state index in [2.05, 4.69) is 4.98 Å². The average molecular weight is 430 g/mol. The van der Waals surface area contributed by atoms with Crippen LogP contribution < -0.4 is 0 Å². The third-order valence-electron chi connectivity index (χ3n) is 5.38. The fourth-order valence-electron chi connectivity index (χ4n) is 3.59. The number of aliphatic carboxylic acids is 1. The number of halogens is 3. The van der Waals surface area contributed by atoms with Crippen LogP contribution in [0.2, 0.25) is 0 Å². The Morgan fingerprint density at radius 1 is 1.30 bits per heavy atom. The van der Waals surface area contributed by atoms with Crippen LogP contribution in [0, 0.1) is 12.8 Å². The number of alkyl halides is 3. The molecule has 1 saturated carbocycles. The molecule has 0 unspecified atom stereocenters. The number of aryl methyl sites for hydroxylation is 1. The van der Waals surface area contributed by atoms with Gasteiger partial charge in [0.2, 0.25) is 0 Å². The van der Waals surface area contributed by atoms with Gasteiger partial charge in [0.1, 0.15) is 12.2 Å². The van der Waals surface area contributed by atoms with Crippen LogP contribution in [0.15, 0.2) is 18.3 Å². The lowest BCUT2D eigenvalue weighted by Gasteiger charge is -2.32. The first-order chi connectivity index (χ1) is 14.2. The Morgan fingerprint density at radius 2 is 2.00 bits per heavy atom. The highest BCUT2D eigenvalue weighted by Gasteiger charge is 2.47. The molecule has 0 radical (unpaired) electrons. The van der Waals surface area contributed by atoms with Crippen LogP contribution in [0.4, 0.5) is 13.2 Å². The molecule has 30 heavy (non-hydrogen) atoms. The maximum absolute atomic E-state index is 12.9. The molecule has 0 aromatic carbocycles. The van der Waals surface area contributed by atoms with Crippen molar-refractivity contribution >= 4 is 11.9 Å². The molecule has 3 heterocycles. The van der Waals surface area contributed by atoms with Crippen LogP contribution in [0.5, 0.6) is 0 Å². The van der Waals surface area contributed by atoms with E-state index in [0.29, 0.717) is 12.1 Å². The van der Waals surface area contributed by atoms with Gasteiger partial charge in [-0.05, 0) is 50.7 Å². The van der Waals surface area contributed by atoms with Gasteiger partial charge in [-0.25, -0.2) is 4.79 Å². The van der Waals surface area contributed by atoms with Crippen LogP contribution >= 0.6 is 0 Å². The van der Waals surface area contributed by atoms with Crippen LogP contribution in [0.25, 0.3) is 0 Å². The van der Waals surface area contributed by atoms with Crippen LogP contribution in [-0.4, -0.2) is 71.1 Å². The van der Waals surface area contributed by atoms with E-state index >= 15 is 0 Å². The van der Waals surface area contributed by atoms with E-state index in [4.69, 9.17) is 19.4 Å². The molecule has 2 saturated heterocycles. The number of fused-ring (bicyclic) bond motifs is 1. The molecule has 0 bridgehead atoms. The Labute approximate surface area is 172 Å². The zero-order valence-electron chi connectivity index (χ0n) is 16.6. The molecule has 0 spiro atoms. The molecule has 3 fully saturated rings. The molecular weight excluding hydrogens is 405 g/mol. The molecule has 4 rings (SSSR count). The van der Waals surface area contributed by atoms with Crippen LogP contribution in [-0.2, 0) is 14.3 Å². The third kappa shape index (κ3) is 5.69. The molecular formula is C20H25F3N2O5. The molecule has 10 heteroatoms. The molecule has 1 aromatic rings. The monoisotopic (exact) mass is 430 g/mol. The molecule has 1 aromatic heterocycles. The first-order valence-electron chi connectivity index (χ1n) is 9.93. The van der Waals surface area contributed by atoms with Gasteiger partial charge in [0.25, 0.3) is 5.91 Å². The van der Waals surface area contributed by atoms with Gasteiger partial charge in [-0.1, -0.05) is 0 Å². The Bertz CT molecular complexity index is 752.